The van der Waals surface area contributed by atoms with E-state index in [1.165, 1.54) is 0 Å². The Bertz CT molecular complexity index is 795. The normalized spacial score (nSPS) is 10.8. The first kappa shape index (κ1) is 15.2. The molecule has 0 spiro atoms. The molecule has 0 saturated heterocycles. The van der Waals surface area contributed by atoms with E-state index in [1.807, 2.05) is 18.2 Å². The van der Waals surface area contributed by atoms with Crippen LogP contribution in [0.15, 0.2) is 48.8 Å². The molecule has 2 heterocycles. The standard InChI is InChI=1S/C18H20N4O/c1-2-12-22-16-8-4-3-7-15(16)21-17(22)9-11-20-18(23)14-6-5-10-19-13-14/h3-8,10,13H,2,9,11-12H2,1H3,(H,20,23). The van der Waals surface area contributed by atoms with Crippen molar-refractivity contribution < 1.29 is 4.79 Å². The Labute approximate surface area is 135 Å². The fourth-order valence-corrected chi connectivity index (χ4v) is 2.68. The van der Waals surface area contributed by atoms with Crippen LogP contribution in [-0.2, 0) is 13.0 Å². The van der Waals surface area contributed by atoms with E-state index in [0.717, 1.165) is 29.8 Å². The Morgan fingerprint density at radius 1 is 1.22 bits per heavy atom. The van der Waals surface area contributed by atoms with Crippen LogP contribution in [0.5, 0.6) is 0 Å². The summed E-state index contributed by atoms with van der Waals surface area (Å²) in [5.41, 5.74) is 2.74. The van der Waals surface area contributed by atoms with Gasteiger partial charge in [0.1, 0.15) is 5.82 Å². The van der Waals surface area contributed by atoms with E-state index in [0.29, 0.717) is 18.5 Å². The van der Waals surface area contributed by atoms with E-state index >= 15 is 0 Å². The first-order chi connectivity index (χ1) is 11.3. The van der Waals surface area contributed by atoms with Crippen LogP contribution in [0, 0.1) is 0 Å². The highest BCUT2D eigenvalue weighted by atomic mass is 16.1. The number of nitrogens with one attached hydrogen (secondary N) is 1. The summed E-state index contributed by atoms with van der Waals surface area (Å²) in [7, 11) is 0. The van der Waals surface area contributed by atoms with Gasteiger partial charge < -0.3 is 9.88 Å². The molecule has 0 aliphatic rings. The van der Waals surface area contributed by atoms with Crippen LogP contribution >= 0.6 is 0 Å². The second-order valence-electron chi connectivity index (χ2n) is 5.42. The second kappa shape index (κ2) is 7.05. The van der Waals surface area contributed by atoms with Crippen LogP contribution in [0.2, 0.25) is 0 Å². The summed E-state index contributed by atoms with van der Waals surface area (Å²) in [6.45, 7) is 3.65. The number of carbonyl (C=O) groups excluding carboxylic acids is 1. The molecular formula is C18H20N4O. The zero-order valence-electron chi connectivity index (χ0n) is 13.2. The third-order valence-corrected chi connectivity index (χ3v) is 3.74. The number of fused-ring (bicyclic) bond motifs is 1. The monoisotopic (exact) mass is 308 g/mol. The fourth-order valence-electron chi connectivity index (χ4n) is 2.68. The van der Waals surface area contributed by atoms with Gasteiger partial charge in [0.15, 0.2) is 0 Å². The summed E-state index contributed by atoms with van der Waals surface area (Å²) in [6, 6.07) is 11.7. The molecule has 0 radical (unpaired) electrons. The van der Waals surface area contributed by atoms with Crippen LogP contribution in [0.1, 0.15) is 29.5 Å². The number of aromatic nitrogens is 3. The third kappa shape index (κ3) is 3.39. The Morgan fingerprint density at radius 3 is 2.87 bits per heavy atom. The van der Waals surface area contributed by atoms with E-state index in [9.17, 15) is 4.79 Å². The minimum atomic E-state index is -0.101. The number of aryl methyl sites for hydroxylation is 1. The molecule has 0 bridgehead atoms. The molecule has 5 heteroatoms. The Balaban J connectivity index is 1.69. The largest absolute Gasteiger partial charge is 0.352 e. The molecule has 23 heavy (non-hydrogen) atoms. The van der Waals surface area contributed by atoms with Crippen LogP contribution in [0.3, 0.4) is 0 Å². The van der Waals surface area contributed by atoms with Gasteiger partial charge in [0.05, 0.1) is 16.6 Å². The first-order valence-electron chi connectivity index (χ1n) is 7.92. The van der Waals surface area contributed by atoms with Gasteiger partial charge in [-0.2, -0.15) is 0 Å². The minimum absolute atomic E-state index is 0.101. The SMILES string of the molecule is CCCn1c(CCNC(=O)c2cccnc2)nc2ccccc21. The Hall–Kier alpha value is -2.69. The van der Waals surface area contributed by atoms with E-state index in [4.69, 9.17) is 4.98 Å². The molecule has 0 saturated carbocycles. The van der Waals surface area contributed by atoms with Gasteiger partial charge in [0.25, 0.3) is 5.91 Å². The highest BCUT2D eigenvalue weighted by Gasteiger charge is 2.10. The zero-order valence-corrected chi connectivity index (χ0v) is 13.2. The van der Waals surface area contributed by atoms with Crippen molar-refractivity contribution in [2.45, 2.75) is 26.3 Å². The van der Waals surface area contributed by atoms with Crippen molar-refractivity contribution in [3.63, 3.8) is 0 Å². The lowest BCUT2D eigenvalue weighted by molar-refractivity contribution is 0.0953. The third-order valence-electron chi connectivity index (χ3n) is 3.74. The van der Waals surface area contributed by atoms with Crippen molar-refractivity contribution in [2.75, 3.05) is 6.54 Å². The molecule has 0 fully saturated rings. The fraction of sp³-hybridized carbons (Fsp3) is 0.278. The Morgan fingerprint density at radius 2 is 2.09 bits per heavy atom. The van der Waals surface area contributed by atoms with Crippen molar-refractivity contribution in [1.82, 2.24) is 19.9 Å². The highest BCUT2D eigenvalue weighted by Crippen LogP contribution is 2.16. The number of pyridine rings is 1. The van der Waals surface area contributed by atoms with Crippen molar-refractivity contribution >= 4 is 16.9 Å². The summed E-state index contributed by atoms with van der Waals surface area (Å²) in [4.78, 5) is 20.7. The molecule has 1 N–H and O–H groups in total. The number of nitrogens with zero attached hydrogens (tertiary/aromatic N) is 3. The van der Waals surface area contributed by atoms with E-state index < -0.39 is 0 Å². The van der Waals surface area contributed by atoms with E-state index in [1.54, 1.807) is 24.5 Å². The maximum absolute atomic E-state index is 12.0. The molecule has 118 valence electrons. The quantitative estimate of drug-likeness (QED) is 0.762. The maximum atomic E-state index is 12.0. The second-order valence-corrected chi connectivity index (χ2v) is 5.42. The number of imidazole rings is 1. The molecule has 3 rings (SSSR count). The van der Waals surface area contributed by atoms with Crippen LogP contribution in [0.25, 0.3) is 11.0 Å². The number of hydrogen-bond acceptors (Lipinski definition) is 3. The van der Waals surface area contributed by atoms with Crippen molar-refractivity contribution in [3.8, 4) is 0 Å². The van der Waals surface area contributed by atoms with Crippen molar-refractivity contribution in [3.05, 3.63) is 60.2 Å². The minimum Gasteiger partial charge on any atom is -0.352 e. The zero-order chi connectivity index (χ0) is 16.1. The van der Waals surface area contributed by atoms with Gasteiger partial charge in [-0.15, -0.1) is 0 Å². The molecule has 1 amide bonds. The summed E-state index contributed by atoms with van der Waals surface area (Å²) in [6.07, 6.45) is 4.99. The van der Waals surface area contributed by atoms with E-state index in [-0.39, 0.29) is 5.91 Å². The molecule has 2 aromatic heterocycles. The molecule has 0 aliphatic carbocycles. The molecule has 3 aromatic rings. The lowest BCUT2D eigenvalue weighted by atomic mass is 10.2. The summed E-state index contributed by atoms with van der Waals surface area (Å²) < 4.78 is 2.24. The average molecular weight is 308 g/mol. The van der Waals surface area contributed by atoms with E-state index in [2.05, 4.69) is 27.9 Å². The number of amides is 1. The number of carbonyl (C=O) groups is 1. The topological polar surface area (TPSA) is 59.8 Å². The van der Waals surface area contributed by atoms with Crippen molar-refractivity contribution in [2.24, 2.45) is 0 Å². The van der Waals surface area contributed by atoms with Gasteiger partial charge in [-0.05, 0) is 30.7 Å². The number of hydrogen-bond donors (Lipinski definition) is 1. The number of benzene rings is 1. The van der Waals surface area contributed by atoms with Gasteiger partial charge in [-0.3, -0.25) is 9.78 Å². The average Bonchev–Trinajstić information content (AvgIpc) is 2.94. The maximum Gasteiger partial charge on any atom is 0.252 e. The van der Waals surface area contributed by atoms with Crippen LogP contribution in [-0.4, -0.2) is 27.0 Å². The van der Waals surface area contributed by atoms with Gasteiger partial charge in [0, 0.05) is 31.9 Å². The molecule has 0 aliphatic heterocycles. The van der Waals surface area contributed by atoms with Crippen molar-refractivity contribution in [1.29, 1.82) is 0 Å². The summed E-state index contributed by atoms with van der Waals surface area (Å²) in [5.74, 6) is 0.913. The highest BCUT2D eigenvalue weighted by molar-refractivity contribution is 5.93. The Kier molecular flexibility index (Phi) is 4.66. The molecule has 0 unspecified atom stereocenters. The lowest BCUT2D eigenvalue weighted by Crippen LogP contribution is -2.26. The molecule has 5 nitrogen and oxygen atoms in total. The number of rotatable bonds is 6. The summed E-state index contributed by atoms with van der Waals surface area (Å²) >= 11 is 0. The predicted molar refractivity (Wildman–Crippen MR) is 90.3 cm³/mol. The predicted octanol–water partition coefficient (Wildman–Crippen LogP) is 2.81. The molecular weight excluding hydrogens is 288 g/mol. The molecule has 1 aromatic carbocycles. The lowest BCUT2D eigenvalue weighted by Gasteiger charge is -2.08. The van der Waals surface area contributed by atoms with Gasteiger partial charge in [-0.1, -0.05) is 19.1 Å². The van der Waals surface area contributed by atoms with Gasteiger partial charge in [0.2, 0.25) is 0 Å². The van der Waals surface area contributed by atoms with Gasteiger partial charge >= 0.3 is 0 Å². The van der Waals surface area contributed by atoms with Crippen LogP contribution < -0.4 is 5.32 Å². The number of para-hydroxylation sites is 2. The van der Waals surface area contributed by atoms with Gasteiger partial charge in [-0.25, -0.2) is 4.98 Å². The smallest absolute Gasteiger partial charge is 0.252 e. The molecule has 0 atom stereocenters. The van der Waals surface area contributed by atoms with Crippen LogP contribution in [0.4, 0.5) is 0 Å². The summed E-state index contributed by atoms with van der Waals surface area (Å²) in [5, 5.41) is 2.93. The first-order valence-corrected chi connectivity index (χ1v) is 7.92.